The molecule has 1 N–H and O–H groups in total. The maximum Gasteiger partial charge on any atom is 0.261 e. The molecule has 0 bridgehead atoms. The molecule has 0 atom stereocenters. The van der Waals surface area contributed by atoms with Gasteiger partial charge in [0.1, 0.15) is 24.7 Å². The summed E-state index contributed by atoms with van der Waals surface area (Å²) in [5.74, 6) is 0.889. The largest absolute Gasteiger partial charge is 0.496 e. The molecule has 2 aromatic carbocycles. The van der Waals surface area contributed by atoms with Crippen molar-refractivity contribution in [3.8, 4) is 11.5 Å². The lowest BCUT2D eigenvalue weighted by Gasteiger charge is -2.12. The van der Waals surface area contributed by atoms with E-state index in [1.165, 1.54) is 0 Å². The van der Waals surface area contributed by atoms with E-state index in [1.807, 2.05) is 26.0 Å². The zero-order chi connectivity index (χ0) is 23.3. The van der Waals surface area contributed by atoms with Crippen LogP contribution in [0.2, 0.25) is 10.0 Å². The molecule has 1 aromatic heterocycles. The number of benzene rings is 2. The smallest absolute Gasteiger partial charge is 0.261 e. The summed E-state index contributed by atoms with van der Waals surface area (Å²) in [6.07, 6.45) is 1.55. The Balaban J connectivity index is 1.64. The van der Waals surface area contributed by atoms with Gasteiger partial charge in [-0.15, -0.1) is 0 Å². The number of hydrazone groups is 1. The number of rotatable bonds is 8. The standard InChI is InChI=1S/C22H21BrCl2N4O3/c1-13-22(23)14(2)29(28-13)11-21(30)27-26-10-15-4-6-19(31-3)16(8-15)12-32-20-7-5-17(24)9-18(20)25/h4-10H,11-12H2,1-3H3,(H,27,30)/b26-10+. The van der Waals surface area contributed by atoms with Crippen LogP contribution >= 0.6 is 39.1 Å². The first-order valence-corrected chi connectivity index (χ1v) is 11.1. The summed E-state index contributed by atoms with van der Waals surface area (Å²) in [4.78, 5) is 12.2. The van der Waals surface area contributed by atoms with Crippen LogP contribution < -0.4 is 14.9 Å². The number of amides is 1. The third kappa shape index (κ3) is 6.03. The number of ether oxygens (including phenoxy) is 2. The number of aryl methyl sites for hydroxylation is 1. The van der Waals surface area contributed by atoms with E-state index in [1.54, 1.807) is 42.3 Å². The average molecular weight is 540 g/mol. The maximum absolute atomic E-state index is 12.2. The van der Waals surface area contributed by atoms with Gasteiger partial charge >= 0.3 is 0 Å². The summed E-state index contributed by atoms with van der Waals surface area (Å²) in [5.41, 5.74) is 5.78. The van der Waals surface area contributed by atoms with Crippen LogP contribution in [0.1, 0.15) is 22.5 Å². The van der Waals surface area contributed by atoms with Crippen molar-refractivity contribution in [3.05, 3.63) is 73.4 Å². The number of aromatic nitrogens is 2. The first kappa shape index (κ1) is 24.1. The van der Waals surface area contributed by atoms with Crippen molar-refractivity contribution in [1.29, 1.82) is 0 Å². The molecule has 168 valence electrons. The number of carbonyl (C=O) groups is 1. The second-order valence-electron chi connectivity index (χ2n) is 6.87. The molecule has 7 nitrogen and oxygen atoms in total. The van der Waals surface area contributed by atoms with Gasteiger partial charge in [-0.05, 0) is 71.7 Å². The SMILES string of the molecule is COc1ccc(/C=N/NC(=O)Cn2nc(C)c(Br)c2C)cc1COc1ccc(Cl)cc1Cl. The highest BCUT2D eigenvalue weighted by molar-refractivity contribution is 9.10. The molecule has 1 heterocycles. The molecule has 1 amide bonds. The number of carbonyl (C=O) groups excluding carboxylic acids is 1. The summed E-state index contributed by atoms with van der Waals surface area (Å²) in [5, 5.41) is 9.31. The van der Waals surface area contributed by atoms with Crippen LogP contribution in [0.15, 0.2) is 46.0 Å². The van der Waals surface area contributed by atoms with Gasteiger partial charge in [-0.1, -0.05) is 23.2 Å². The van der Waals surface area contributed by atoms with Gasteiger partial charge in [0, 0.05) is 10.6 Å². The predicted molar refractivity (Wildman–Crippen MR) is 129 cm³/mol. The molecular formula is C22H21BrCl2N4O3. The zero-order valence-corrected chi connectivity index (χ0v) is 20.8. The second-order valence-corrected chi connectivity index (χ2v) is 8.51. The molecular weight excluding hydrogens is 519 g/mol. The van der Waals surface area contributed by atoms with Crippen molar-refractivity contribution in [2.75, 3.05) is 7.11 Å². The highest BCUT2D eigenvalue weighted by atomic mass is 79.9. The molecule has 0 radical (unpaired) electrons. The van der Waals surface area contributed by atoms with Crippen LogP contribution in [0.25, 0.3) is 0 Å². The number of hydrogen-bond donors (Lipinski definition) is 1. The molecule has 0 aliphatic rings. The topological polar surface area (TPSA) is 77.7 Å². The Morgan fingerprint density at radius 2 is 1.97 bits per heavy atom. The summed E-state index contributed by atoms with van der Waals surface area (Å²) < 4.78 is 13.7. The lowest BCUT2D eigenvalue weighted by atomic mass is 10.1. The molecule has 0 fully saturated rings. The van der Waals surface area contributed by atoms with Gasteiger partial charge in [-0.3, -0.25) is 9.48 Å². The van der Waals surface area contributed by atoms with E-state index in [2.05, 4.69) is 31.6 Å². The van der Waals surface area contributed by atoms with E-state index in [9.17, 15) is 4.79 Å². The molecule has 0 spiro atoms. The Labute approximate surface area is 204 Å². The molecule has 32 heavy (non-hydrogen) atoms. The Bertz CT molecular complexity index is 1160. The first-order valence-electron chi connectivity index (χ1n) is 9.54. The minimum atomic E-state index is -0.284. The summed E-state index contributed by atoms with van der Waals surface area (Å²) in [6.45, 7) is 4.05. The normalized spacial score (nSPS) is 11.1. The monoisotopic (exact) mass is 538 g/mol. The average Bonchev–Trinajstić information content (AvgIpc) is 2.99. The minimum absolute atomic E-state index is 0.0686. The van der Waals surface area contributed by atoms with E-state index in [4.69, 9.17) is 32.7 Å². The molecule has 3 aromatic rings. The minimum Gasteiger partial charge on any atom is -0.496 e. The molecule has 0 aliphatic carbocycles. The highest BCUT2D eigenvalue weighted by Gasteiger charge is 2.11. The van der Waals surface area contributed by atoms with Crippen molar-refractivity contribution < 1.29 is 14.3 Å². The fourth-order valence-corrected chi connectivity index (χ4v) is 3.67. The van der Waals surface area contributed by atoms with Crippen molar-refractivity contribution in [2.24, 2.45) is 5.10 Å². The summed E-state index contributed by atoms with van der Waals surface area (Å²) in [6, 6.07) is 10.5. The van der Waals surface area contributed by atoms with Crippen molar-refractivity contribution in [2.45, 2.75) is 27.0 Å². The van der Waals surface area contributed by atoms with Crippen molar-refractivity contribution in [3.63, 3.8) is 0 Å². The number of methoxy groups -OCH3 is 1. The first-order chi connectivity index (χ1) is 15.3. The van der Waals surface area contributed by atoms with Gasteiger partial charge < -0.3 is 9.47 Å². The Hall–Kier alpha value is -2.55. The zero-order valence-electron chi connectivity index (χ0n) is 17.7. The number of halogens is 3. The van der Waals surface area contributed by atoms with Gasteiger partial charge in [0.15, 0.2) is 0 Å². The van der Waals surface area contributed by atoms with E-state index in [0.717, 1.165) is 27.0 Å². The third-order valence-corrected chi connectivity index (χ3v) is 6.25. The van der Waals surface area contributed by atoms with Crippen molar-refractivity contribution in [1.82, 2.24) is 15.2 Å². The van der Waals surface area contributed by atoms with Crippen LogP contribution in [0.4, 0.5) is 0 Å². The van der Waals surface area contributed by atoms with Crippen molar-refractivity contribution >= 4 is 51.3 Å². The van der Waals surface area contributed by atoms with Crippen LogP contribution in [-0.4, -0.2) is 29.0 Å². The Morgan fingerprint density at radius 3 is 2.62 bits per heavy atom. The molecule has 3 rings (SSSR count). The maximum atomic E-state index is 12.2. The van der Waals surface area contributed by atoms with Gasteiger partial charge in [0.25, 0.3) is 5.91 Å². The molecule has 0 unspecified atom stereocenters. The Kier molecular flexibility index (Phi) is 8.17. The van der Waals surface area contributed by atoms with E-state index < -0.39 is 0 Å². The molecule has 10 heteroatoms. The predicted octanol–water partition coefficient (Wildman–Crippen LogP) is 5.31. The molecule has 0 saturated heterocycles. The molecule has 0 saturated carbocycles. The number of nitrogens with zero attached hydrogens (tertiary/aromatic N) is 3. The highest BCUT2D eigenvalue weighted by Crippen LogP contribution is 2.29. The number of nitrogens with one attached hydrogen (secondary N) is 1. The van der Waals surface area contributed by atoms with E-state index in [-0.39, 0.29) is 19.1 Å². The summed E-state index contributed by atoms with van der Waals surface area (Å²) >= 11 is 15.5. The Morgan fingerprint density at radius 1 is 1.22 bits per heavy atom. The fourth-order valence-electron chi connectivity index (χ4n) is 2.92. The summed E-state index contributed by atoms with van der Waals surface area (Å²) in [7, 11) is 1.58. The van der Waals surface area contributed by atoms with Crippen LogP contribution in [0.3, 0.4) is 0 Å². The van der Waals surface area contributed by atoms with Crippen LogP contribution in [-0.2, 0) is 17.9 Å². The van der Waals surface area contributed by atoms with Gasteiger partial charge in [0.2, 0.25) is 0 Å². The lowest BCUT2D eigenvalue weighted by molar-refractivity contribution is -0.121. The number of hydrogen-bond acceptors (Lipinski definition) is 5. The van der Waals surface area contributed by atoms with E-state index >= 15 is 0 Å². The fraction of sp³-hybridized carbons (Fsp3) is 0.227. The third-order valence-electron chi connectivity index (χ3n) is 4.57. The quantitative estimate of drug-likeness (QED) is 0.311. The van der Waals surface area contributed by atoms with Gasteiger partial charge in [-0.25, -0.2) is 5.43 Å². The second kappa shape index (κ2) is 10.8. The lowest BCUT2D eigenvalue weighted by Crippen LogP contribution is -2.24. The van der Waals surface area contributed by atoms with Crippen LogP contribution in [0.5, 0.6) is 11.5 Å². The van der Waals surface area contributed by atoms with Crippen LogP contribution in [0, 0.1) is 13.8 Å². The van der Waals surface area contributed by atoms with E-state index in [0.29, 0.717) is 21.5 Å². The van der Waals surface area contributed by atoms with Gasteiger partial charge in [-0.2, -0.15) is 10.2 Å². The molecule has 0 aliphatic heterocycles. The van der Waals surface area contributed by atoms with Gasteiger partial charge in [0.05, 0.1) is 34.2 Å².